The molecule has 27 heavy (non-hydrogen) atoms. The standard InChI is InChI=1S/C19H23FN4O3/c20-13-7-5-12(6-8-13)9-10-24-18(26)14(17(25)23-19(24)27)11-22-16-4-2-1-3-15(16)21/h5-8,11,14-16H,1-4,9-10,21H2,(H,23,25,27)/t14-,15-,16+/m1/s1. The minimum atomic E-state index is -1.13. The van der Waals surface area contributed by atoms with Crippen molar-refractivity contribution in [1.29, 1.82) is 0 Å². The van der Waals surface area contributed by atoms with Crippen LogP contribution in [0.4, 0.5) is 9.18 Å². The summed E-state index contributed by atoms with van der Waals surface area (Å²) in [5, 5.41) is 2.20. The second-order valence-electron chi connectivity index (χ2n) is 6.95. The van der Waals surface area contributed by atoms with Gasteiger partial charge in [0.15, 0.2) is 5.92 Å². The fourth-order valence-corrected chi connectivity index (χ4v) is 3.39. The number of benzene rings is 1. The average molecular weight is 374 g/mol. The molecule has 3 atom stereocenters. The molecule has 1 saturated heterocycles. The highest BCUT2D eigenvalue weighted by Gasteiger charge is 2.39. The van der Waals surface area contributed by atoms with Crippen LogP contribution in [0.2, 0.25) is 0 Å². The van der Waals surface area contributed by atoms with Crippen LogP contribution in [0, 0.1) is 11.7 Å². The molecule has 1 aromatic rings. The van der Waals surface area contributed by atoms with E-state index >= 15 is 0 Å². The number of aliphatic imine (C=N–C) groups is 1. The molecule has 3 N–H and O–H groups in total. The van der Waals surface area contributed by atoms with Crippen molar-refractivity contribution in [2.45, 2.75) is 44.2 Å². The molecule has 2 fully saturated rings. The van der Waals surface area contributed by atoms with Crippen molar-refractivity contribution >= 4 is 24.1 Å². The number of nitrogens with two attached hydrogens (primary N) is 1. The Morgan fingerprint density at radius 1 is 1.19 bits per heavy atom. The minimum absolute atomic E-state index is 0.0760. The van der Waals surface area contributed by atoms with Gasteiger partial charge in [0, 0.05) is 18.8 Å². The topological polar surface area (TPSA) is 105 Å². The van der Waals surface area contributed by atoms with Crippen LogP contribution in [0.25, 0.3) is 0 Å². The molecule has 1 aromatic carbocycles. The molecule has 3 rings (SSSR count). The predicted octanol–water partition coefficient (Wildman–Crippen LogP) is 1.40. The lowest BCUT2D eigenvalue weighted by Crippen LogP contribution is -2.58. The molecule has 0 bridgehead atoms. The smallest absolute Gasteiger partial charge is 0.326 e. The number of carbonyl (C=O) groups is 3. The third kappa shape index (κ3) is 4.57. The Morgan fingerprint density at radius 3 is 2.59 bits per heavy atom. The molecule has 4 amide bonds. The van der Waals surface area contributed by atoms with Crippen molar-refractivity contribution in [3.8, 4) is 0 Å². The summed E-state index contributed by atoms with van der Waals surface area (Å²) in [6, 6.07) is 4.90. The third-order valence-corrected chi connectivity index (χ3v) is 5.04. The van der Waals surface area contributed by atoms with Gasteiger partial charge in [0.25, 0.3) is 0 Å². The molecule has 1 aliphatic carbocycles. The van der Waals surface area contributed by atoms with Crippen molar-refractivity contribution in [1.82, 2.24) is 10.2 Å². The van der Waals surface area contributed by atoms with Crippen LogP contribution < -0.4 is 11.1 Å². The highest BCUT2D eigenvalue weighted by molar-refractivity contribution is 6.23. The molecule has 144 valence electrons. The van der Waals surface area contributed by atoms with Gasteiger partial charge in [-0.2, -0.15) is 0 Å². The first-order valence-corrected chi connectivity index (χ1v) is 9.15. The summed E-state index contributed by atoms with van der Waals surface area (Å²) < 4.78 is 13.0. The monoisotopic (exact) mass is 374 g/mol. The van der Waals surface area contributed by atoms with E-state index in [-0.39, 0.29) is 24.4 Å². The summed E-state index contributed by atoms with van der Waals surface area (Å²) >= 11 is 0. The Bertz CT molecular complexity index is 750. The predicted molar refractivity (Wildman–Crippen MR) is 97.6 cm³/mol. The fourth-order valence-electron chi connectivity index (χ4n) is 3.39. The molecule has 1 heterocycles. The number of imide groups is 2. The molecule has 1 saturated carbocycles. The van der Waals surface area contributed by atoms with Crippen LogP contribution in [-0.2, 0) is 16.0 Å². The van der Waals surface area contributed by atoms with Gasteiger partial charge in [-0.25, -0.2) is 9.18 Å². The number of hydrogen-bond donors (Lipinski definition) is 2. The van der Waals surface area contributed by atoms with E-state index in [1.807, 2.05) is 0 Å². The number of rotatable bonds is 5. The normalized spacial score (nSPS) is 26.5. The lowest BCUT2D eigenvalue weighted by Gasteiger charge is -2.29. The zero-order chi connectivity index (χ0) is 19.4. The van der Waals surface area contributed by atoms with E-state index < -0.39 is 23.8 Å². The number of carbonyl (C=O) groups excluding carboxylic acids is 3. The molecule has 1 aliphatic heterocycles. The maximum absolute atomic E-state index is 13.0. The van der Waals surface area contributed by atoms with Crippen molar-refractivity contribution in [3.05, 3.63) is 35.6 Å². The number of hydrogen-bond acceptors (Lipinski definition) is 5. The number of halogens is 1. The molecule has 0 unspecified atom stereocenters. The maximum atomic E-state index is 13.0. The average Bonchev–Trinajstić information content (AvgIpc) is 2.64. The highest BCUT2D eigenvalue weighted by Crippen LogP contribution is 2.20. The quantitative estimate of drug-likeness (QED) is 0.600. The van der Waals surface area contributed by atoms with Crippen molar-refractivity contribution in [3.63, 3.8) is 0 Å². The van der Waals surface area contributed by atoms with Crippen LogP contribution >= 0.6 is 0 Å². The summed E-state index contributed by atoms with van der Waals surface area (Å²) in [6.07, 6.45) is 5.46. The first-order chi connectivity index (χ1) is 13.0. The molecular formula is C19H23FN4O3. The first kappa shape index (κ1) is 19.2. The number of barbiturate groups is 1. The van der Waals surface area contributed by atoms with Gasteiger partial charge in [-0.15, -0.1) is 0 Å². The molecular weight excluding hydrogens is 351 g/mol. The molecule has 0 radical (unpaired) electrons. The van der Waals surface area contributed by atoms with E-state index in [0.717, 1.165) is 36.1 Å². The highest BCUT2D eigenvalue weighted by atomic mass is 19.1. The lowest BCUT2D eigenvalue weighted by atomic mass is 9.91. The maximum Gasteiger partial charge on any atom is 0.330 e. The molecule has 0 spiro atoms. The number of amides is 4. The number of nitrogens with zero attached hydrogens (tertiary/aromatic N) is 2. The summed E-state index contributed by atoms with van der Waals surface area (Å²) in [4.78, 5) is 42.1. The zero-order valence-corrected chi connectivity index (χ0v) is 14.9. The largest absolute Gasteiger partial charge is 0.330 e. The number of nitrogens with one attached hydrogen (secondary N) is 1. The molecule has 7 nitrogen and oxygen atoms in total. The van der Waals surface area contributed by atoms with Gasteiger partial charge in [-0.3, -0.25) is 24.8 Å². The van der Waals surface area contributed by atoms with E-state index in [2.05, 4.69) is 10.3 Å². The molecule has 2 aliphatic rings. The number of urea groups is 1. The Kier molecular flexibility index (Phi) is 5.95. The summed E-state index contributed by atoms with van der Waals surface area (Å²) in [7, 11) is 0. The van der Waals surface area contributed by atoms with E-state index in [1.165, 1.54) is 18.3 Å². The van der Waals surface area contributed by atoms with Crippen LogP contribution in [-0.4, -0.2) is 47.6 Å². The minimum Gasteiger partial charge on any atom is -0.326 e. The molecule has 8 heteroatoms. The van der Waals surface area contributed by atoms with Gasteiger partial charge in [0.2, 0.25) is 11.8 Å². The zero-order valence-electron chi connectivity index (χ0n) is 14.9. The van der Waals surface area contributed by atoms with Crippen molar-refractivity contribution in [2.24, 2.45) is 16.6 Å². The van der Waals surface area contributed by atoms with E-state index in [4.69, 9.17) is 5.73 Å². The Morgan fingerprint density at radius 2 is 1.89 bits per heavy atom. The summed E-state index contributed by atoms with van der Waals surface area (Å²) in [6.45, 7) is 0.0941. The molecule has 0 aromatic heterocycles. The first-order valence-electron chi connectivity index (χ1n) is 9.15. The van der Waals surface area contributed by atoms with Crippen molar-refractivity contribution in [2.75, 3.05) is 6.54 Å². The van der Waals surface area contributed by atoms with Gasteiger partial charge < -0.3 is 5.73 Å². The van der Waals surface area contributed by atoms with E-state index in [1.54, 1.807) is 12.1 Å². The van der Waals surface area contributed by atoms with Crippen LogP contribution in [0.5, 0.6) is 0 Å². The summed E-state index contributed by atoms with van der Waals surface area (Å²) in [5.74, 6) is -2.76. The van der Waals surface area contributed by atoms with Gasteiger partial charge in [-0.1, -0.05) is 25.0 Å². The Balaban J connectivity index is 1.66. The lowest BCUT2D eigenvalue weighted by molar-refractivity contribution is -0.139. The SMILES string of the molecule is N[C@@H]1CCCC[C@@H]1N=C[C@@H]1C(=O)NC(=O)N(CCc2ccc(F)cc2)C1=O. The second-order valence-corrected chi connectivity index (χ2v) is 6.95. The van der Waals surface area contributed by atoms with Crippen LogP contribution in [0.15, 0.2) is 29.3 Å². The van der Waals surface area contributed by atoms with Crippen molar-refractivity contribution < 1.29 is 18.8 Å². The van der Waals surface area contributed by atoms with Gasteiger partial charge >= 0.3 is 6.03 Å². The van der Waals surface area contributed by atoms with E-state index in [0.29, 0.717) is 6.42 Å². The van der Waals surface area contributed by atoms with Gasteiger partial charge in [0.1, 0.15) is 5.82 Å². The van der Waals surface area contributed by atoms with Gasteiger partial charge in [-0.05, 0) is 37.0 Å². The summed E-state index contributed by atoms with van der Waals surface area (Å²) in [5.41, 5.74) is 6.83. The van der Waals surface area contributed by atoms with Crippen LogP contribution in [0.1, 0.15) is 31.2 Å². The van der Waals surface area contributed by atoms with E-state index in [9.17, 15) is 18.8 Å². The Labute approximate surface area is 156 Å². The fraction of sp³-hybridized carbons (Fsp3) is 0.474. The second kappa shape index (κ2) is 8.39. The van der Waals surface area contributed by atoms with Gasteiger partial charge in [0.05, 0.1) is 6.04 Å². The Hall–Kier alpha value is -2.61. The third-order valence-electron chi connectivity index (χ3n) is 5.04. The van der Waals surface area contributed by atoms with Crippen LogP contribution in [0.3, 0.4) is 0 Å².